The molecular formula is C21H20O6S. The second-order valence-corrected chi connectivity index (χ2v) is 7.54. The second-order valence-electron chi connectivity index (χ2n) is 6.28. The Labute approximate surface area is 167 Å². The van der Waals surface area contributed by atoms with Crippen molar-refractivity contribution in [3.05, 3.63) is 53.6 Å². The molecule has 28 heavy (non-hydrogen) atoms. The second kappa shape index (κ2) is 8.93. The van der Waals surface area contributed by atoms with Gasteiger partial charge in [0.25, 0.3) is 0 Å². The highest BCUT2D eigenvalue weighted by molar-refractivity contribution is 8.15. The van der Waals surface area contributed by atoms with E-state index in [2.05, 4.69) is 0 Å². The van der Waals surface area contributed by atoms with Crippen LogP contribution in [0.5, 0.6) is 17.2 Å². The molecule has 0 aromatic heterocycles. The van der Waals surface area contributed by atoms with Crippen LogP contribution in [0.1, 0.15) is 22.3 Å². The highest BCUT2D eigenvalue weighted by Crippen LogP contribution is 2.28. The van der Waals surface area contributed by atoms with Crippen LogP contribution in [0.2, 0.25) is 0 Å². The predicted octanol–water partition coefficient (Wildman–Crippen LogP) is 3.11. The summed E-state index contributed by atoms with van der Waals surface area (Å²) in [5.41, 5.74) is 1.38. The maximum absolute atomic E-state index is 12.4. The minimum atomic E-state index is -0.302. The largest absolute Gasteiger partial charge is 0.497 e. The first-order valence-corrected chi connectivity index (χ1v) is 9.56. The van der Waals surface area contributed by atoms with Crippen molar-refractivity contribution >= 4 is 28.4 Å². The van der Waals surface area contributed by atoms with Gasteiger partial charge in [-0.2, -0.15) is 0 Å². The summed E-state index contributed by atoms with van der Waals surface area (Å²) in [7, 11) is 3.04. The monoisotopic (exact) mass is 400 g/mol. The summed E-state index contributed by atoms with van der Waals surface area (Å²) < 4.78 is 15.9. The number of ether oxygens (including phenoxy) is 3. The standard InChI is InChI=1S/C21H20O6S/c1-25-16-8-14(9-17(10-16)26-2)19(23)12-27-15-5-3-13(4-6-15)7-20-18(22)11-21(24)28-20/h3-6,8-10,20H,7,11-12H2,1-2H3. The van der Waals surface area contributed by atoms with Gasteiger partial charge in [0.1, 0.15) is 17.2 Å². The van der Waals surface area contributed by atoms with Gasteiger partial charge in [-0.05, 0) is 36.2 Å². The van der Waals surface area contributed by atoms with Crippen molar-refractivity contribution < 1.29 is 28.6 Å². The molecule has 1 heterocycles. The Kier molecular flexibility index (Phi) is 6.36. The number of methoxy groups -OCH3 is 2. The van der Waals surface area contributed by atoms with Gasteiger partial charge in [-0.1, -0.05) is 23.9 Å². The highest BCUT2D eigenvalue weighted by Gasteiger charge is 2.31. The van der Waals surface area contributed by atoms with Crippen LogP contribution in [0, 0.1) is 0 Å². The van der Waals surface area contributed by atoms with Gasteiger partial charge in [-0.15, -0.1) is 0 Å². The van der Waals surface area contributed by atoms with Crippen molar-refractivity contribution in [2.45, 2.75) is 18.1 Å². The molecule has 0 N–H and O–H groups in total. The fourth-order valence-corrected chi connectivity index (χ4v) is 3.85. The summed E-state index contributed by atoms with van der Waals surface area (Å²) in [4.78, 5) is 35.5. The Morgan fingerprint density at radius 3 is 2.18 bits per heavy atom. The van der Waals surface area contributed by atoms with Gasteiger partial charge in [0.15, 0.2) is 23.3 Å². The summed E-state index contributed by atoms with van der Waals surface area (Å²) in [5.74, 6) is 1.39. The maximum atomic E-state index is 12.4. The summed E-state index contributed by atoms with van der Waals surface area (Å²) in [6.07, 6.45) is 0.533. The van der Waals surface area contributed by atoms with Crippen LogP contribution in [0.25, 0.3) is 0 Å². The Bertz CT molecular complexity index is 868. The fourth-order valence-electron chi connectivity index (χ4n) is 2.81. The molecule has 0 spiro atoms. The summed E-state index contributed by atoms with van der Waals surface area (Å²) in [6.45, 7) is -0.124. The third-order valence-corrected chi connectivity index (χ3v) is 5.46. The van der Waals surface area contributed by atoms with E-state index >= 15 is 0 Å². The Morgan fingerprint density at radius 2 is 1.64 bits per heavy atom. The van der Waals surface area contributed by atoms with Crippen molar-refractivity contribution in [2.75, 3.05) is 20.8 Å². The van der Waals surface area contributed by atoms with Crippen molar-refractivity contribution in [1.82, 2.24) is 0 Å². The summed E-state index contributed by atoms with van der Waals surface area (Å²) in [6, 6.07) is 12.1. The lowest BCUT2D eigenvalue weighted by atomic mass is 10.1. The van der Waals surface area contributed by atoms with Crippen molar-refractivity contribution in [2.24, 2.45) is 0 Å². The normalized spacial score (nSPS) is 16.1. The molecule has 0 saturated carbocycles. The lowest BCUT2D eigenvalue weighted by Gasteiger charge is -2.10. The third-order valence-electron chi connectivity index (χ3n) is 4.34. The molecule has 2 aromatic rings. The zero-order chi connectivity index (χ0) is 20.1. The molecule has 1 saturated heterocycles. The zero-order valence-electron chi connectivity index (χ0n) is 15.6. The van der Waals surface area contributed by atoms with Crippen LogP contribution in [-0.2, 0) is 16.0 Å². The first-order valence-electron chi connectivity index (χ1n) is 8.68. The smallest absolute Gasteiger partial charge is 0.200 e. The highest BCUT2D eigenvalue weighted by atomic mass is 32.2. The molecule has 0 bridgehead atoms. The van der Waals surface area contributed by atoms with Gasteiger partial charge in [0, 0.05) is 11.6 Å². The molecule has 6 nitrogen and oxygen atoms in total. The van der Waals surface area contributed by atoms with E-state index in [9.17, 15) is 14.4 Å². The molecule has 7 heteroatoms. The molecule has 2 aromatic carbocycles. The Hall–Kier alpha value is -2.80. The van der Waals surface area contributed by atoms with Crippen LogP contribution in [0.15, 0.2) is 42.5 Å². The van der Waals surface area contributed by atoms with E-state index in [0.717, 1.165) is 17.3 Å². The van der Waals surface area contributed by atoms with Crippen molar-refractivity contribution in [3.8, 4) is 17.2 Å². The minimum absolute atomic E-state index is 0.0189. The molecule has 1 aliphatic heterocycles. The number of benzene rings is 2. The van der Waals surface area contributed by atoms with E-state index in [1.807, 2.05) is 12.1 Å². The predicted molar refractivity (Wildman–Crippen MR) is 106 cm³/mol. The third kappa shape index (κ3) is 4.92. The van der Waals surface area contributed by atoms with Gasteiger partial charge < -0.3 is 14.2 Å². The van der Waals surface area contributed by atoms with Crippen LogP contribution < -0.4 is 14.2 Å². The molecule has 1 aliphatic rings. The Balaban J connectivity index is 1.58. The molecule has 3 rings (SSSR count). The van der Waals surface area contributed by atoms with E-state index in [-0.39, 0.29) is 35.0 Å². The number of carbonyl (C=O) groups is 3. The van der Waals surface area contributed by atoms with E-state index in [0.29, 0.717) is 29.2 Å². The number of hydrogen-bond acceptors (Lipinski definition) is 7. The lowest BCUT2D eigenvalue weighted by Crippen LogP contribution is -2.13. The summed E-state index contributed by atoms with van der Waals surface area (Å²) >= 11 is 1.11. The number of rotatable bonds is 8. The van der Waals surface area contributed by atoms with Crippen LogP contribution >= 0.6 is 11.8 Å². The number of Topliss-reactive ketones (excluding diaryl/α,β-unsaturated/α-hetero) is 2. The van der Waals surface area contributed by atoms with E-state index < -0.39 is 0 Å². The molecule has 1 atom stereocenters. The van der Waals surface area contributed by atoms with Crippen molar-refractivity contribution in [3.63, 3.8) is 0 Å². The van der Waals surface area contributed by atoms with E-state index in [1.165, 1.54) is 14.2 Å². The molecule has 0 amide bonds. The van der Waals surface area contributed by atoms with Crippen LogP contribution in [0.4, 0.5) is 0 Å². The lowest BCUT2D eigenvalue weighted by molar-refractivity contribution is -0.121. The SMILES string of the molecule is COc1cc(OC)cc(C(=O)COc2ccc(CC3SC(=O)CC3=O)cc2)c1. The number of ketones is 2. The number of thioether (sulfide) groups is 1. The van der Waals surface area contributed by atoms with Crippen LogP contribution in [0.3, 0.4) is 0 Å². The van der Waals surface area contributed by atoms with Crippen molar-refractivity contribution in [1.29, 1.82) is 0 Å². The fraction of sp³-hybridized carbons (Fsp3) is 0.286. The first kappa shape index (κ1) is 19.9. The zero-order valence-corrected chi connectivity index (χ0v) is 16.4. The Morgan fingerprint density at radius 1 is 1.00 bits per heavy atom. The average Bonchev–Trinajstić information content (AvgIpc) is 3.03. The molecule has 1 fully saturated rings. The van der Waals surface area contributed by atoms with Crippen LogP contribution in [-0.4, -0.2) is 42.8 Å². The molecule has 1 unspecified atom stereocenters. The number of carbonyl (C=O) groups excluding carboxylic acids is 3. The van der Waals surface area contributed by atoms with Gasteiger partial charge in [-0.25, -0.2) is 0 Å². The maximum Gasteiger partial charge on any atom is 0.200 e. The van der Waals surface area contributed by atoms with E-state index in [4.69, 9.17) is 14.2 Å². The number of hydrogen-bond donors (Lipinski definition) is 0. The van der Waals surface area contributed by atoms with Gasteiger partial charge in [0.2, 0.25) is 0 Å². The molecule has 146 valence electrons. The summed E-state index contributed by atoms with van der Waals surface area (Å²) in [5, 5.41) is -0.369. The van der Waals surface area contributed by atoms with Gasteiger partial charge in [0.05, 0.1) is 25.9 Å². The topological polar surface area (TPSA) is 78.9 Å². The molecule has 0 radical (unpaired) electrons. The molecular weight excluding hydrogens is 380 g/mol. The van der Waals surface area contributed by atoms with Gasteiger partial charge >= 0.3 is 0 Å². The quantitative estimate of drug-likeness (QED) is 0.498. The van der Waals surface area contributed by atoms with E-state index in [1.54, 1.807) is 30.3 Å². The average molecular weight is 400 g/mol. The minimum Gasteiger partial charge on any atom is -0.497 e. The first-order chi connectivity index (χ1) is 13.5. The van der Waals surface area contributed by atoms with Gasteiger partial charge in [-0.3, -0.25) is 14.4 Å². The molecule has 0 aliphatic carbocycles.